The van der Waals surface area contributed by atoms with Crippen LogP contribution in [0, 0.1) is 16.7 Å². The second kappa shape index (κ2) is 19.0. The molecule has 3 aliphatic carbocycles. The van der Waals surface area contributed by atoms with Gasteiger partial charge in [-0.2, -0.15) is 0 Å². The zero-order valence-corrected chi connectivity index (χ0v) is 41.6. The summed E-state index contributed by atoms with van der Waals surface area (Å²) in [6.07, 6.45) is -4.18. The molecule has 0 bridgehead atoms. The Balaban J connectivity index is 2.71. The van der Waals surface area contributed by atoms with Crippen LogP contribution in [0.1, 0.15) is 124 Å². The van der Waals surface area contributed by atoms with E-state index in [4.69, 9.17) is 34.1 Å². The molecule has 1 N–H and O–H groups in total. The Morgan fingerprint density at radius 1 is 0.684 bits per heavy atom. The molecule has 0 aromatic carbocycles. The summed E-state index contributed by atoms with van der Waals surface area (Å²) in [6.45, 7) is 36.3. The van der Waals surface area contributed by atoms with Crippen LogP contribution in [0.2, 0.25) is 54.4 Å². The summed E-state index contributed by atoms with van der Waals surface area (Å²) in [7, 11) is -7.11. The molecule has 2 fully saturated rings. The molecule has 0 heterocycles. The van der Waals surface area contributed by atoms with Crippen LogP contribution in [0.25, 0.3) is 0 Å². The topological polar surface area (TPSA) is 127 Å². The summed E-state index contributed by atoms with van der Waals surface area (Å²) in [6, 6.07) is 7.86. The molecule has 0 aromatic rings. The van der Waals surface area contributed by atoms with Crippen molar-refractivity contribution in [3.8, 4) is 0 Å². The lowest BCUT2D eigenvalue weighted by molar-refractivity contribution is -0.212. The maximum absolute atomic E-state index is 13.7. The highest BCUT2D eigenvalue weighted by molar-refractivity contribution is 6.74. The lowest BCUT2D eigenvalue weighted by Crippen LogP contribution is -2.65. The summed E-state index contributed by atoms with van der Waals surface area (Å²) in [5.41, 5.74) is -1.72. The van der Waals surface area contributed by atoms with Gasteiger partial charge >= 0.3 is 17.9 Å². The summed E-state index contributed by atoms with van der Waals surface area (Å²) in [5, 5.41) is 13.1. The first-order valence-electron chi connectivity index (χ1n) is 22.2. The number of aliphatic hydroxyl groups is 1. The summed E-state index contributed by atoms with van der Waals surface area (Å²) < 4.78 is 42.2. The molecule has 2 saturated carbocycles. The van der Waals surface area contributed by atoms with Gasteiger partial charge in [-0.15, -0.1) is 0 Å². The molecule has 13 heteroatoms. The van der Waals surface area contributed by atoms with Crippen LogP contribution in [-0.2, 0) is 41.9 Å². The normalized spacial score (nSPS) is 31.0. The molecule has 10 nitrogen and oxygen atoms in total. The van der Waals surface area contributed by atoms with Gasteiger partial charge in [0.05, 0.1) is 28.6 Å². The quantitative estimate of drug-likeness (QED) is 0.0581. The van der Waals surface area contributed by atoms with Gasteiger partial charge in [0.25, 0.3) is 0 Å². The highest BCUT2D eigenvalue weighted by Gasteiger charge is 2.74. The monoisotopic (exact) mass is 853 g/mol. The van der Waals surface area contributed by atoms with E-state index in [1.807, 2.05) is 6.92 Å². The Hall–Kier alpha value is -1.62. The highest BCUT2D eigenvalue weighted by atomic mass is 28.4. The Morgan fingerprint density at radius 2 is 1.07 bits per heavy atom. The molecule has 0 unspecified atom stereocenters. The average Bonchev–Trinajstić information content (AvgIpc) is 3.42. The maximum atomic E-state index is 13.7. The predicted octanol–water partition coefficient (Wildman–Crippen LogP) is 10.0. The van der Waals surface area contributed by atoms with Gasteiger partial charge in [-0.1, -0.05) is 75.8 Å². The predicted molar refractivity (Wildman–Crippen MR) is 234 cm³/mol. The van der Waals surface area contributed by atoms with E-state index in [0.29, 0.717) is 12.0 Å². The van der Waals surface area contributed by atoms with Crippen LogP contribution in [0.3, 0.4) is 0 Å². The Kier molecular flexibility index (Phi) is 16.6. The highest BCUT2D eigenvalue weighted by Crippen LogP contribution is 2.67. The summed E-state index contributed by atoms with van der Waals surface area (Å²) in [5.74, 6) is -2.32. The Labute approximate surface area is 349 Å². The molecule has 0 saturated heterocycles. The Bertz CT molecular complexity index is 1450. The van der Waals surface area contributed by atoms with Crippen LogP contribution in [0.15, 0.2) is 23.3 Å². The number of fused-ring (bicyclic) bond motifs is 2. The van der Waals surface area contributed by atoms with E-state index >= 15 is 0 Å². The van der Waals surface area contributed by atoms with Gasteiger partial charge in [0.2, 0.25) is 0 Å². The molecular formula is C44H80O10Si3. The lowest BCUT2D eigenvalue weighted by Gasteiger charge is -2.57. The largest absolute Gasteiger partial charge is 0.462 e. The minimum atomic E-state index is -2.56. The molecule has 57 heavy (non-hydrogen) atoms. The molecule has 9 atom stereocenters. The van der Waals surface area contributed by atoms with Crippen LogP contribution >= 0.6 is 0 Å². The van der Waals surface area contributed by atoms with E-state index in [2.05, 4.69) is 69.2 Å². The summed E-state index contributed by atoms with van der Waals surface area (Å²) >= 11 is 0. The van der Waals surface area contributed by atoms with Crippen LogP contribution in [0.4, 0.5) is 0 Å². The molecule has 0 spiro atoms. The van der Waals surface area contributed by atoms with Gasteiger partial charge in [0.1, 0.15) is 24.4 Å². The van der Waals surface area contributed by atoms with Gasteiger partial charge in [-0.05, 0) is 98.3 Å². The minimum Gasteiger partial charge on any atom is -0.462 e. The molecular weight excluding hydrogens is 773 g/mol. The van der Waals surface area contributed by atoms with Crippen LogP contribution in [0.5, 0.6) is 0 Å². The molecule has 0 radical (unpaired) electrons. The average molecular weight is 853 g/mol. The first-order chi connectivity index (χ1) is 26.5. The van der Waals surface area contributed by atoms with Crippen LogP contribution < -0.4 is 0 Å². The standard InChI is InChI=1S/C44H80O10Si3/c1-18-55(19-2,20-3)52-34-27-36(49-31(12)45)43(17)38(29(34)10)40(50-32(13)46)44(42(15,16)48)28-35(53-56(21-4,22-5)23-6)30(11)37(44)39(41(43)51-33(14)47)54-57(24-7,25-8)26-9/h34-36,38-41,48H,10,18-28H2,1-9,11-17H3/t34-,35-,36-,38-,39+,40-,41-,43+,44-/m0/s1. The minimum absolute atomic E-state index is 0.284. The van der Waals surface area contributed by atoms with Crippen molar-refractivity contribution in [3.05, 3.63) is 23.3 Å². The van der Waals surface area contributed by atoms with Gasteiger partial charge in [-0.25, -0.2) is 0 Å². The molecule has 328 valence electrons. The first kappa shape index (κ1) is 49.7. The molecule has 0 amide bonds. The van der Waals surface area contributed by atoms with Crippen molar-refractivity contribution in [3.63, 3.8) is 0 Å². The van der Waals surface area contributed by atoms with Gasteiger partial charge in [-0.3, -0.25) is 14.4 Å². The van der Waals surface area contributed by atoms with Crippen molar-refractivity contribution < 1.29 is 47.0 Å². The van der Waals surface area contributed by atoms with Gasteiger partial charge < -0.3 is 32.6 Å². The number of carbonyl (C=O) groups excluding carboxylic acids is 3. The smallest absolute Gasteiger partial charge is 0.303 e. The molecule has 3 rings (SSSR count). The molecule has 0 aromatic heterocycles. The van der Waals surface area contributed by atoms with E-state index in [1.165, 1.54) is 20.8 Å². The number of hydrogen-bond donors (Lipinski definition) is 1. The summed E-state index contributed by atoms with van der Waals surface area (Å²) in [4.78, 5) is 40.6. The fourth-order valence-electron chi connectivity index (χ4n) is 11.1. The lowest BCUT2D eigenvalue weighted by atomic mass is 9.54. The number of ether oxygens (including phenoxy) is 3. The number of rotatable bonds is 19. The number of esters is 3. The van der Waals surface area contributed by atoms with Crippen molar-refractivity contribution in [2.24, 2.45) is 16.7 Å². The fourth-order valence-corrected chi connectivity index (χ4v) is 19.6. The molecule has 3 aliphatic rings. The van der Waals surface area contributed by atoms with Crippen molar-refractivity contribution in [1.82, 2.24) is 0 Å². The zero-order chi connectivity index (χ0) is 43.5. The third-order valence-electron chi connectivity index (χ3n) is 15.4. The third kappa shape index (κ3) is 9.05. The SMILES string of the molecule is C=C1[C@@H](O[Si](CC)(CC)CC)C[C@H](OC(C)=O)[C@@]2(C)[C@@H](OC(C)=O)[C@H](O[Si](CC)(CC)CC)C3=C(C)[C@@H](O[Si](CC)(CC)CC)C[C@@]3(C(C)(C)O)[C@@H](OC(C)=O)[C@H]12. The second-order valence-corrected chi connectivity index (χ2v) is 32.3. The van der Waals surface area contributed by atoms with Crippen molar-refractivity contribution in [2.75, 3.05) is 0 Å². The Morgan fingerprint density at radius 3 is 1.46 bits per heavy atom. The van der Waals surface area contributed by atoms with Crippen molar-refractivity contribution >= 4 is 42.9 Å². The second-order valence-electron chi connectivity index (χ2n) is 18.1. The zero-order valence-electron chi connectivity index (χ0n) is 38.6. The first-order valence-corrected chi connectivity index (χ1v) is 29.8. The van der Waals surface area contributed by atoms with E-state index in [1.54, 1.807) is 13.8 Å². The van der Waals surface area contributed by atoms with Gasteiger partial charge in [0, 0.05) is 33.1 Å². The van der Waals surface area contributed by atoms with Crippen molar-refractivity contribution in [2.45, 2.75) is 220 Å². The van der Waals surface area contributed by atoms with E-state index < -0.39 is 102 Å². The third-order valence-corrected chi connectivity index (χ3v) is 29.3. The van der Waals surface area contributed by atoms with Gasteiger partial charge in [0.15, 0.2) is 25.0 Å². The van der Waals surface area contributed by atoms with Crippen molar-refractivity contribution in [1.29, 1.82) is 0 Å². The fraction of sp³-hybridized carbons (Fsp3) is 0.841. The number of carbonyl (C=O) groups is 3. The van der Waals surface area contributed by atoms with E-state index in [9.17, 15) is 19.5 Å². The maximum Gasteiger partial charge on any atom is 0.303 e. The number of hydrogen-bond acceptors (Lipinski definition) is 10. The van der Waals surface area contributed by atoms with E-state index in [-0.39, 0.29) is 6.42 Å². The molecule has 0 aliphatic heterocycles. The van der Waals surface area contributed by atoms with E-state index in [0.717, 1.165) is 65.5 Å². The van der Waals surface area contributed by atoms with Crippen LogP contribution in [-0.4, -0.2) is 90.2 Å².